The summed E-state index contributed by atoms with van der Waals surface area (Å²) >= 11 is 0. The Morgan fingerprint density at radius 1 is 0.958 bits per heavy atom. The van der Waals surface area contributed by atoms with E-state index >= 15 is 0 Å². The number of nitrogens with one attached hydrogen (secondary N) is 2. The van der Waals surface area contributed by atoms with Gasteiger partial charge in [-0.1, -0.05) is 42.5 Å². The lowest BCUT2D eigenvalue weighted by atomic mass is 10.1. The fourth-order valence-corrected chi connectivity index (χ4v) is 2.17. The zero-order valence-electron chi connectivity index (χ0n) is 12.6. The zero-order valence-corrected chi connectivity index (χ0v) is 12.6. The Bertz CT molecular complexity index is 811. The summed E-state index contributed by atoms with van der Waals surface area (Å²) in [6.07, 6.45) is 1.55. The van der Waals surface area contributed by atoms with E-state index in [1.54, 1.807) is 54.6 Å². The predicted octanol–water partition coefficient (Wildman–Crippen LogP) is 2.13. The fourth-order valence-electron chi connectivity index (χ4n) is 2.17. The van der Waals surface area contributed by atoms with Crippen molar-refractivity contribution in [2.45, 2.75) is 0 Å². The van der Waals surface area contributed by atoms with Crippen LogP contribution in [0.3, 0.4) is 0 Å². The topological polar surface area (TPSA) is 84.5 Å². The molecule has 1 saturated heterocycles. The summed E-state index contributed by atoms with van der Waals surface area (Å²) in [6.45, 7) is -0.0527. The normalized spacial score (nSPS) is 15.1. The monoisotopic (exact) mass is 322 g/mol. The van der Waals surface area contributed by atoms with Gasteiger partial charge in [0.05, 0.1) is 0 Å². The first-order valence-electron chi connectivity index (χ1n) is 7.27. The van der Waals surface area contributed by atoms with E-state index in [1.165, 1.54) is 0 Å². The molecule has 1 heterocycles. The summed E-state index contributed by atoms with van der Waals surface area (Å²) in [4.78, 5) is 34.4. The van der Waals surface area contributed by atoms with E-state index in [4.69, 9.17) is 4.74 Å². The van der Waals surface area contributed by atoms with Gasteiger partial charge >= 0.3 is 6.03 Å². The van der Waals surface area contributed by atoms with Gasteiger partial charge in [-0.25, -0.2) is 4.79 Å². The van der Waals surface area contributed by atoms with Gasteiger partial charge in [0.15, 0.2) is 12.4 Å². The van der Waals surface area contributed by atoms with Gasteiger partial charge in [0.2, 0.25) is 0 Å². The Labute approximate surface area is 138 Å². The van der Waals surface area contributed by atoms with E-state index in [-0.39, 0.29) is 18.1 Å². The van der Waals surface area contributed by atoms with Crippen LogP contribution in [0.25, 0.3) is 6.08 Å². The molecule has 6 heteroatoms. The maximum absolute atomic E-state index is 12.0. The highest BCUT2D eigenvalue weighted by atomic mass is 16.5. The van der Waals surface area contributed by atoms with E-state index in [2.05, 4.69) is 10.6 Å². The minimum atomic E-state index is -0.536. The first-order chi connectivity index (χ1) is 11.6. The molecule has 2 aromatic rings. The molecule has 0 unspecified atom stereocenters. The van der Waals surface area contributed by atoms with Gasteiger partial charge < -0.3 is 10.1 Å². The second-order valence-electron chi connectivity index (χ2n) is 5.11. The lowest BCUT2D eigenvalue weighted by Gasteiger charge is -2.06. The van der Waals surface area contributed by atoms with E-state index in [0.717, 1.165) is 5.56 Å². The largest absolute Gasteiger partial charge is 0.485 e. The van der Waals surface area contributed by atoms with E-state index in [9.17, 15) is 14.4 Å². The van der Waals surface area contributed by atoms with Crippen molar-refractivity contribution in [3.05, 3.63) is 71.4 Å². The average molecular weight is 322 g/mol. The Morgan fingerprint density at radius 2 is 1.67 bits per heavy atom. The Morgan fingerprint density at radius 3 is 2.29 bits per heavy atom. The molecule has 0 bridgehead atoms. The predicted molar refractivity (Wildman–Crippen MR) is 87.4 cm³/mol. The summed E-state index contributed by atoms with van der Waals surface area (Å²) in [5, 5.41) is 4.54. The van der Waals surface area contributed by atoms with Crippen LogP contribution in [-0.2, 0) is 4.79 Å². The molecule has 2 aromatic carbocycles. The molecule has 120 valence electrons. The summed E-state index contributed by atoms with van der Waals surface area (Å²) in [6, 6.07) is 15.2. The standard InChI is InChI=1S/C18H14N2O4/c21-16(13-4-2-1-3-5-13)11-24-14-8-6-12(7-9-14)10-15-17(22)20-18(23)19-15/h1-10H,11H2,(H2,19,20,22,23)/b15-10+. The molecule has 3 rings (SSSR count). The molecule has 0 saturated carbocycles. The van der Waals surface area contributed by atoms with Crippen molar-refractivity contribution in [1.29, 1.82) is 0 Å². The van der Waals surface area contributed by atoms with Crippen LogP contribution in [0, 0.1) is 0 Å². The highest BCUT2D eigenvalue weighted by Gasteiger charge is 2.22. The molecule has 3 amide bonds. The number of Topliss-reactive ketones (excluding diaryl/α,β-unsaturated/α-hetero) is 1. The molecule has 0 spiro atoms. The number of ketones is 1. The number of rotatable bonds is 5. The number of ether oxygens (including phenoxy) is 1. The Balaban J connectivity index is 1.61. The number of carbonyl (C=O) groups is 3. The third-order valence-electron chi connectivity index (χ3n) is 3.38. The van der Waals surface area contributed by atoms with Crippen molar-refractivity contribution in [3.63, 3.8) is 0 Å². The summed E-state index contributed by atoms with van der Waals surface area (Å²) in [7, 11) is 0. The SMILES string of the molecule is O=C1NC(=O)/C(=C\c2ccc(OCC(=O)c3ccccc3)cc2)N1. The van der Waals surface area contributed by atoms with Gasteiger partial charge in [-0.3, -0.25) is 14.9 Å². The minimum absolute atomic E-state index is 0.0527. The van der Waals surface area contributed by atoms with Crippen molar-refractivity contribution >= 4 is 23.8 Å². The van der Waals surface area contributed by atoms with Crippen LogP contribution in [0.15, 0.2) is 60.3 Å². The van der Waals surface area contributed by atoms with Gasteiger partial charge in [0, 0.05) is 5.56 Å². The van der Waals surface area contributed by atoms with Crippen molar-refractivity contribution in [2.75, 3.05) is 6.61 Å². The van der Waals surface area contributed by atoms with Gasteiger partial charge in [-0.2, -0.15) is 0 Å². The van der Waals surface area contributed by atoms with E-state index in [1.807, 2.05) is 6.07 Å². The smallest absolute Gasteiger partial charge is 0.326 e. The zero-order chi connectivity index (χ0) is 16.9. The highest BCUT2D eigenvalue weighted by Crippen LogP contribution is 2.15. The second kappa shape index (κ2) is 6.78. The number of urea groups is 1. The number of hydrogen-bond donors (Lipinski definition) is 2. The number of benzene rings is 2. The van der Waals surface area contributed by atoms with Crippen molar-refractivity contribution in [2.24, 2.45) is 0 Å². The molecular formula is C18H14N2O4. The maximum atomic E-state index is 12.0. The number of imide groups is 1. The van der Waals surface area contributed by atoms with Crippen LogP contribution in [0.4, 0.5) is 4.79 Å². The molecule has 0 aliphatic carbocycles. The first kappa shape index (κ1) is 15.5. The van der Waals surface area contributed by atoms with Gasteiger partial charge in [0.1, 0.15) is 11.4 Å². The Kier molecular flexibility index (Phi) is 4.38. The third kappa shape index (κ3) is 3.67. The van der Waals surface area contributed by atoms with Crippen molar-refractivity contribution in [1.82, 2.24) is 10.6 Å². The fraction of sp³-hybridized carbons (Fsp3) is 0.0556. The second-order valence-corrected chi connectivity index (χ2v) is 5.11. The molecule has 1 fully saturated rings. The van der Waals surface area contributed by atoms with E-state index in [0.29, 0.717) is 11.3 Å². The summed E-state index contributed by atoms with van der Waals surface area (Å²) in [5.41, 5.74) is 1.51. The van der Waals surface area contributed by atoms with Crippen LogP contribution >= 0.6 is 0 Å². The van der Waals surface area contributed by atoms with Crippen molar-refractivity contribution in [3.8, 4) is 5.75 Å². The highest BCUT2D eigenvalue weighted by molar-refractivity contribution is 6.13. The summed E-state index contributed by atoms with van der Waals surface area (Å²) < 4.78 is 5.47. The molecule has 2 N–H and O–H groups in total. The molecular weight excluding hydrogens is 308 g/mol. The molecule has 24 heavy (non-hydrogen) atoms. The molecule has 0 aromatic heterocycles. The minimum Gasteiger partial charge on any atom is -0.485 e. The molecule has 0 atom stereocenters. The molecule has 6 nitrogen and oxygen atoms in total. The van der Waals surface area contributed by atoms with Crippen LogP contribution < -0.4 is 15.4 Å². The molecule has 0 radical (unpaired) electrons. The third-order valence-corrected chi connectivity index (χ3v) is 3.38. The average Bonchev–Trinajstić information content (AvgIpc) is 2.92. The van der Waals surface area contributed by atoms with Gasteiger partial charge in [-0.05, 0) is 23.8 Å². The number of hydrogen-bond acceptors (Lipinski definition) is 4. The number of carbonyl (C=O) groups excluding carboxylic acids is 3. The first-order valence-corrected chi connectivity index (χ1v) is 7.27. The molecule has 1 aliphatic rings. The van der Waals surface area contributed by atoms with Gasteiger partial charge in [0.25, 0.3) is 5.91 Å². The van der Waals surface area contributed by atoms with Crippen LogP contribution in [-0.4, -0.2) is 24.3 Å². The summed E-state index contributed by atoms with van der Waals surface area (Å²) in [5.74, 6) is -0.0257. The van der Waals surface area contributed by atoms with Crippen LogP contribution in [0.5, 0.6) is 5.75 Å². The molecule has 1 aliphatic heterocycles. The van der Waals surface area contributed by atoms with Crippen LogP contribution in [0.2, 0.25) is 0 Å². The lowest BCUT2D eigenvalue weighted by molar-refractivity contribution is -0.115. The Hall–Kier alpha value is -3.41. The number of amides is 3. The van der Waals surface area contributed by atoms with E-state index < -0.39 is 11.9 Å². The maximum Gasteiger partial charge on any atom is 0.326 e. The van der Waals surface area contributed by atoms with Crippen molar-refractivity contribution < 1.29 is 19.1 Å². The quantitative estimate of drug-likeness (QED) is 0.502. The van der Waals surface area contributed by atoms with Gasteiger partial charge in [-0.15, -0.1) is 0 Å². The lowest BCUT2D eigenvalue weighted by Crippen LogP contribution is -2.22. The van der Waals surface area contributed by atoms with Crippen LogP contribution in [0.1, 0.15) is 15.9 Å².